The minimum absolute atomic E-state index is 0.0336. The van der Waals surface area contributed by atoms with Gasteiger partial charge in [-0.1, -0.05) is 41.9 Å². The van der Waals surface area contributed by atoms with E-state index < -0.39 is 0 Å². The van der Waals surface area contributed by atoms with Crippen LogP contribution in [0.5, 0.6) is 0 Å². The molecule has 0 saturated carbocycles. The number of ether oxygens (including phenoxy) is 1. The number of carbonyl (C=O) groups is 1. The molecule has 1 N–H and O–H groups in total. The molecule has 1 heterocycles. The van der Waals surface area contributed by atoms with E-state index in [9.17, 15) is 4.79 Å². The van der Waals surface area contributed by atoms with Crippen LogP contribution in [0.3, 0.4) is 0 Å². The molecule has 2 aromatic carbocycles. The standard InChI is InChI=1S/C15H12ClNO2/c16-11-6-7-13-12(8-11)15(19-9-14(18)17-13)10-4-2-1-3-5-10/h1-8,15H,9H2,(H,17,18)/t15-/m0/s1. The molecule has 0 fully saturated rings. The zero-order chi connectivity index (χ0) is 13.2. The van der Waals surface area contributed by atoms with Gasteiger partial charge in [-0.3, -0.25) is 4.79 Å². The Balaban J connectivity index is 2.11. The van der Waals surface area contributed by atoms with E-state index >= 15 is 0 Å². The van der Waals surface area contributed by atoms with E-state index in [2.05, 4.69) is 5.32 Å². The zero-order valence-electron chi connectivity index (χ0n) is 10.1. The van der Waals surface area contributed by atoms with Gasteiger partial charge in [-0.2, -0.15) is 0 Å². The summed E-state index contributed by atoms with van der Waals surface area (Å²) in [5.41, 5.74) is 2.63. The highest BCUT2D eigenvalue weighted by molar-refractivity contribution is 6.30. The van der Waals surface area contributed by atoms with Crippen molar-refractivity contribution in [1.29, 1.82) is 0 Å². The number of hydrogen-bond donors (Lipinski definition) is 1. The summed E-state index contributed by atoms with van der Waals surface area (Å²) in [6, 6.07) is 15.2. The Labute approximate surface area is 116 Å². The van der Waals surface area contributed by atoms with Crippen molar-refractivity contribution in [3.63, 3.8) is 0 Å². The lowest BCUT2D eigenvalue weighted by molar-refractivity contribution is -0.121. The maximum atomic E-state index is 11.6. The molecule has 0 spiro atoms. The molecule has 1 aliphatic rings. The van der Waals surface area contributed by atoms with Crippen LogP contribution in [0.25, 0.3) is 0 Å². The van der Waals surface area contributed by atoms with Crippen molar-refractivity contribution >= 4 is 23.2 Å². The second-order valence-corrected chi connectivity index (χ2v) is 4.82. The summed E-state index contributed by atoms with van der Waals surface area (Å²) >= 11 is 6.05. The molecule has 96 valence electrons. The van der Waals surface area contributed by atoms with E-state index in [4.69, 9.17) is 16.3 Å². The molecule has 1 amide bonds. The highest BCUT2D eigenvalue weighted by atomic mass is 35.5. The lowest BCUT2D eigenvalue weighted by Gasteiger charge is -2.17. The van der Waals surface area contributed by atoms with Crippen molar-refractivity contribution in [2.75, 3.05) is 11.9 Å². The quantitative estimate of drug-likeness (QED) is 0.865. The average Bonchev–Trinajstić information content (AvgIpc) is 2.58. The Morgan fingerprint density at radius 3 is 2.74 bits per heavy atom. The van der Waals surface area contributed by atoms with Crippen molar-refractivity contribution in [3.8, 4) is 0 Å². The number of carbonyl (C=O) groups excluding carboxylic acids is 1. The maximum absolute atomic E-state index is 11.6. The van der Waals surface area contributed by atoms with E-state index in [1.54, 1.807) is 12.1 Å². The van der Waals surface area contributed by atoms with Crippen LogP contribution in [-0.2, 0) is 9.53 Å². The Morgan fingerprint density at radius 2 is 1.95 bits per heavy atom. The summed E-state index contributed by atoms with van der Waals surface area (Å²) in [5.74, 6) is -0.151. The summed E-state index contributed by atoms with van der Waals surface area (Å²) in [7, 11) is 0. The van der Waals surface area contributed by atoms with Gasteiger partial charge in [-0.25, -0.2) is 0 Å². The van der Waals surface area contributed by atoms with Crippen molar-refractivity contribution < 1.29 is 9.53 Å². The SMILES string of the molecule is O=C1CO[C@@H](c2ccccc2)c2cc(Cl)ccc2N1. The van der Waals surface area contributed by atoms with Crippen LogP contribution in [0, 0.1) is 0 Å². The third-order valence-corrected chi connectivity index (χ3v) is 3.29. The Bertz CT molecular complexity index is 613. The normalized spacial score (nSPS) is 18.4. The van der Waals surface area contributed by atoms with Crippen LogP contribution in [0.2, 0.25) is 5.02 Å². The predicted molar refractivity (Wildman–Crippen MR) is 74.3 cm³/mol. The lowest BCUT2D eigenvalue weighted by atomic mass is 10.00. The van der Waals surface area contributed by atoms with E-state index in [1.165, 1.54) is 0 Å². The summed E-state index contributed by atoms with van der Waals surface area (Å²) in [4.78, 5) is 11.6. The Hall–Kier alpha value is -1.84. The molecule has 1 atom stereocenters. The molecule has 3 rings (SSSR count). The highest BCUT2D eigenvalue weighted by Crippen LogP contribution is 2.35. The molecule has 19 heavy (non-hydrogen) atoms. The minimum atomic E-state index is -0.283. The molecule has 4 heteroatoms. The monoisotopic (exact) mass is 273 g/mol. The number of nitrogens with one attached hydrogen (secondary N) is 1. The van der Waals surface area contributed by atoms with Gasteiger partial charge in [0.15, 0.2) is 0 Å². The molecule has 0 aromatic heterocycles. The van der Waals surface area contributed by atoms with Gasteiger partial charge in [-0.15, -0.1) is 0 Å². The van der Waals surface area contributed by atoms with E-state index in [0.29, 0.717) is 5.02 Å². The fourth-order valence-corrected chi connectivity index (χ4v) is 2.38. The van der Waals surface area contributed by atoms with Crippen molar-refractivity contribution in [2.24, 2.45) is 0 Å². The molecule has 2 aromatic rings. The Kier molecular flexibility index (Phi) is 3.23. The lowest BCUT2D eigenvalue weighted by Crippen LogP contribution is -2.15. The summed E-state index contributed by atoms with van der Waals surface area (Å²) in [6.07, 6.45) is -0.283. The minimum Gasteiger partial charge on any atom is -0.359 e. The van der Waals surface area contributed by atoms with E-state index in [-0.39, 0.29) is 18.6 Å². The first-order chi connectivity index (χ1) is 9.24. The number of halogens is 1. The first-order valence-corrected chi connectivity index (χ1v) is 6.38. The number of anilines is 1. The number of amides is 1. The second-order valence-electron chi connectivity index (χ2n) is 4.38. The third kappa shape index (κ3) is 2.48. The molecule has 1 aliphatic heterocycles. The van der Waals surface area contributed by atoms with Crippen LogP contribution in [0.4, 0.5) is 5.69 Å². The predicted octanol–water partition coefficient (Wildman–Crippen LogP) is 3.40. The average molecular weight is 274 g/mol. The maximum Gasteiger partial charge on any atom is 0.250 e. The van der Waals surface area contributed by atoms with Crippen molar-refractivity contribution in [1.82, 2.24) is 0 Å². The van der Waals surface area contributed by atoms with Crippen LogP contribution < -0.4 is 5.32 Å². The van der Waals surface area contributed by atoms with E-state index in [0.717, 1.165) is 16.8 Å². The number of hydrogen-bond acceptors (Lipinski definition) is 2. The van der Waals surface area contributed by atoms with Gasteiger partial charge in [0.05, 0.1) is 0 Å². The molecular weight excluding hydrogens is 262 g/mol. The number of benzene rings is 2. The fourth-order valence-electron chi connectivity index (χ4n) is 2.20. The van der Waals surface area contributed by atoms with Crippen LogP contribution in [-0.4, -0.2) is 12.5 Å². The third-order valence-electron chi connectivity index (χ3n) is 3.05. The van der Waals surface area contributed by atoms with Crippen molar-refractivity contribution in [2.45, 2.75) is 6.10 Å². The molecule has 0 bridgehead atoms. The molecule has 0 unspecified atom stereocenters. The molecule has 0 aliphatic carbocycles. The summed E-state index contributed by atoms with van der Waals surface area (Å²) < 4.78 is 5.71. The van der Waals surface area contributed by atoms with Crippen LogP contribution >= 0.6 is 11.6 Å². The first kappa shape index (κ1) is 12.2. The second kappa shape index (κ2) is 5.03. The number of fused-ring (bicyclic) bond motifs is 1. The number of rotatable bonds is 1. The van der Waals surface area contributed by atoms with Gasteiger partial charge >= 0.3 is 0 Å². The van der Waals surface area contributed by atoms with Gasteiger partial charge in [0.2, 0.25) is 5.91 Å². The van der Waals surface area contributed by atoms with Gasteiger partial charge in [0.1, 0.15) is 12.7 Å². The van der Waals surface area contributed by atoms with Gasteiger partial charge in [0, 0.05) is 16.3 Å². The zero-order valence-corrected chi connectivity index (χ0v) is 10.9. The van der Waals surface area contributed by atoms with E-state index in [1.807, 2.05) is 36.4 Å². The smallest absolute Gasteiger partial charge is 0.250 e. The Morgan fingerprint density at radius 1 is 1.16 bits per heavy atom. The topological polar surface area (TPSA) is 38.3 Å². The summed E-state index contributed by atoms with van der Waals surface area (Å²) in [6.45, 7) is 0.0336. The largest absolute Gasteiger partial charge is 0.359 e. The highest BCUT2D eigenvalue weighted by Gasteiger charge is 2.24. The first-order valence-electron chi connectivity index (χ1n) is 6.00. The molecular formula is C15H12ClNO2. The molecule has 3 nitrogen and oxygen atoms in total. The van der Waals surface area contributed by atoms with Crippen LogP contribution in [0.15, 0.2) is 48.5 Å². The van der Waals surface area contributed by atoms with Gasteiger partial charge in [-0.05, 0) is 23.8 Å². The van der Waals surface area contributed by atoms with Gasteiger partial charge < -0.3 is 10.1 Å². The molecule has 0 radical (unpaired) electrons. The van der Waals surface area contributed by atoms with Crippen LogP contribution in [0.1, 0.15) is 17.2 Å². The molecule has 0 saturated heterocycles. The van der Waals surface area contributed by atoms with Crippen molar-refractivity contribution in [3.05, 3.63) is 64.7 Å². The fraction of sp³-hybridized carbons (Fsp3) is 0.133. The van der Waals surface area contributed by atoms with Gasteiger partial charge in [0.25, 0.3) is 0 Å². The summed E-state index contributed by atoms with van der Waals surface area (Å²) in [5, 5.41) is 3.45.